The SMILES string of the molecule is O=C(CC(=O)c1cc2c(o1)C(=O)c1ccccc1C2=O)Oc1ccccc1. The highest BCUT2D eigenvalue weighted by molar-refractivity contribution is 6.28. The summed E-state index contributed by atoms with van der Waals surface area (Å²) in [6.45, 7) is 0. The summed E-state index contributed by atoms with van der Waals surface area (Å²) in [6.07, 6.45) is -0.573. The van der Waals surface area contributed by atoms with Gasteiger partial charge in [-0.2, -0.15) is 0 Å². The zero-order valence-electron chi connectivity index (χ0n) is 13.9. The Bertz CT molecular complexity index is 1040. The van der Waals surface area contributed by atoms with Crippen molar-refractivity contribution in [3.8, 4) is 5.75 Å². The number of furan rings is 1. The van der Waals surface area contributed by atoms with Gasteiger partial charge in [-0.05, 0) is 18.2 Å². The Morgan fingerprint density at radius 2 is 1.44 bits per heavy atom. The van der Waals surface area contributed by atoms with Crippen molar-refractivity contribution in [2.45, 2.75) is 6.42 Å². The monoisotopic (exact) mass is 360 g/mol. The second-order valence-corrected chi connectivity index (χ2v) is 5.94. The number of esters is 1. The van der Waals surface area contributed by atoms with Gasteiger partial charge in [0.05, 0.1) is 5.56 Å². The molecule has 0 saturated carbocycles. The van der Waals surface area contributed by atoms with E-state index in [1.54, 1.807) is 48.5 Å². The number of benzene rings is 2. The van der Waals surface area contributed by atoms with E-state index in [2.05, 4.69) is 0 Å². The number of ketones is 3. The van der Waals surface area contributed by atoms with Crippen molar-refractivity contribution in [1.29, 1.82) is 0 Å². The van der Waals surface area contributed by atoms with E-state index in [0.717, 1.165) is 0 Å². The molecule has 1 aromatic heterocycles. The average Bonchev–Trinajstić information content (AvgIpc) is 3.13. The van der Waals surface area contributed by atoms with Crippen LogP contribution in [0.1, 0.15) is 49.0 Å². The number of carbonyl (C=O) groups is 4. The molecular formula is C21H12O6. The van der Waals surface area contributed by atoms with Crippen molar-refractivity contribution in [3.63, 3.8) is 0 Å². The van der Waals surface area contributed by atoms with Gasteiger partial charge in [0, 0.05) is 11.1 Å². The number of para-hydroxylation sites is 1. The Morgan fingerprint density at radius 1 is 0.815 bits per heavy atom. The van der Waals surface area contributed by atoms with Crippen LogP contribution in [0.15, 0.2) is 65.1 Å². The zero-order valence-corrected chi connectivity index (χ0v) is 13.9. The first-order chi connectivity index (χ1) is 13.0. The summed E-state index contributed by atoms with van der Waals surface area (Å²) in [5, 5.41) is 0. The van der Waals surface area contributed by atoms with Crippen molar-refractivity contribution in [3.05, 3.63) is 88.9 Å². The fourth-order valence-electron chi connectivity index (χ4n) is 2.89. The van der Waals surface area contributed by atoms with E-state index < -0.39 is 29.7 Å². The summed E-state index contributed by atoms with van der Waals surface area (Å²) in [4.78, 5) is 49.3. The molecule has 0 fully saturated rings. The number of rotatable bonds is 4. The molecule has 0 spiro atoms. The second-order valence-electron chi connectivity index (χ2n) is 5.94. The van der Waals surface area contributed by atoms with Gasteiger partial charge >= 0.3 is 5.97 Å². The van der Waals surface area contributed by atoms with Gasteiger partial charge in [-0.3, -0.25) is 19.2 Å². The summed E-state index contributed by atoms with van der Waals surface area (Å²) >= 11 is 0. The maximum Gasteiger partial charge on any atom is 0.319 e. The predicted molar refractivity (Wildman–Crippen MR) is 93.0 cm³/mol. The van der Waals surface area contributed by atoms with Crippen LogP contribution in [0.25, 0.3) is 0 Å². The van der Waals surface area contributed by atoms with Crippen molar-refractivity contribution in [1.82, 2.24) is 0 Å². The minimum Gasteiger partial charge on any atom is -0.449 e. The third-order valence-corrected chi connectivity index (χ3v) is 4.15. The first-order valence-corrected chi connectivity index (χ1v) is 8.16. The Kier molecular flexibility index (Phi) is 4.01. The van der Waals surface area contributed by atoms with Gasteiger partial charge in [0.15, 0.2) is 17.3 Å². The van der Waals surface area contributed by atoms with Gasteiger partial charge in [-0.15, -0.1) is 0 Å². The molecule has 0 saturated heterocycles. The zero-order chi connectivity index (χ0) is 19.0. The van der Waals surface area contributed by atoms with Gasteiger partial charge in [0.1, 0.15) is 12.2 Å². The first kappa shape index (κ1) is 16.7. The van der Waals surface area contributed by atoms with Crippen LogP contribution in [0.4, 0.5) is 0 Å². The topological polar surface area (TPSA) is 90.6 Å². The molecule has 0 radical (unpaired) electrons. The maximum absolute atomic E-state index is 12.5. The fourth-order valence-corrected chi connectivity index (χ4v) is 2.89. The predicted octanol–water partition coefficient (Wildman–Crippen LogP) is 3.23. The lowest BCUT2D eigenvalue weighted by molar-refractivity contribution is -0.133. The number of carbonyl (C=O) groups excluding carboxylic acids is 4. The summed E-state index contributed by atoms with van der Waals surface area (Å²) in [5.41, 5.74) is 0.517. The number of hydrogen-bond donors (Lipinski definition) is 0. The Morgan fingerprint density at radius 3 is 2.15 bits per heavy atom. The highest BCUT2D eigenvalue weighted by Crippen LogP contribution is 2.30. The molecule has 0 aliphatic heterocycles. The normalized spacial score (nSPS) is 12.3. The molecular weight excluding hydrogens is 348 g/mol. The summed E-state index contributed by atoms with van der Waals surface area (Å²) < 4.78 is 10.4. The summed E-state index contributed by atoms with van der Waals surface area (Å²) in [5.74, 6) is -2.38. The first-order valence-electron chi connectivity index (χ1n) is 8.16. The number of Topliss-reactive ketones (excluding diaryl/α,β-unsaturated/α-hetero) is 1. The van der Waals surface area contributed by atoms with Gasteiger partial charge in [-0.1, -0.05) is 42.5 Å². The quantitative estimate of drug-likeness (QED) is 0.240. The van der Waals surface area contributed by atoms with Crippen molar-refractivity contribution in [2.24, 2.45) is 0 Å². The lowest BCUT2D eigenvalue weighted by Gasteiger charge is -2.11. The molecule has 0 N–H and O–H groups in total. The highest BCUT2D eigenvalue weighted by atomic mass is 16.5. The van der Waals surface area contributed by atoms with E-state index in [-0.39, 0.29) is 28.2 Å². The standard InChI is InChI=1S/C21H12O6/c22-16(11-18(23)26-12-6-2-1-3-7-12)17-10-15-19(24)13-8-4-5-9-14(13)20(25)21(15)27-17/h1-10H,11H2. The third kappa shape index (κ3) is 2.97. The minimum atomic E-state index is -0.762. The van der Waals surface area contributed by atoms with Gasteiger partial charge < -0.3 is 9.15 Å². The van der Waals surface area contributed by atoms with E-state index in [0.29, 0.717) is 5.75 Å². The van der Waals surface area contributed by atoms with Crippen LogP contribution in [0, 0.1) is 0 Å². The highest BCUT2D eigenvalue weighted by Gasteiger charge is 2.34. The average molecular weight is 360 g/mol. The lowest BCUT2D eigenvalue weighted by atomic mass is 9.88. The molecule has 1 heterocycles. The largest absolute Gasteiger partial charge is 0.449 e. The Labute approximate surface area is 153 Å². The second kappa shape index (κ2) is 6.49. The van der Waals surface area contributed by atoms with Crippen LogP contribution in [-0.4, -0.2) is 23.3 Å². The smallest absolute Gasteiger partial charge is 0.319 e. The van der Waals surface area contributed by atoms with Crippen molar-refractivity contribution in [2.75, 3.05) is 0 Å². The maximum atomic E-state index is 12.5. The molecule has 0 amide bonds. The van der Waals surface area contributed by atoms with Crippen molar-refractivity contribution >= 4 is 23.3 Å². The molecule has 6 nitrogen and oxygen atoms in total. The van der Waals surface area contributed by atoms with E-state index in [1.165, 1.54) is 12.1 Å². The van der Waals surface area contributed by atoms with Crippen LogP contribution in [0.5, 0.6) is 5.75 Å². The molecule has 1 aliphatic rings. The molecule has 3 aromatic rings. The molecule has 0 atom stereocenters. The summed E-state index contributed by atoms with van der Waals surface area (Å²) in [6, 6.07) is 15.9. The number of ether oxygens (including phenoxy) is 1. The summed E-state index contributed by atoms with van der Waals surface area (Å²) in [7, 11) is 0. The van der Waals surface area contributed by atoms with Crippen LogP contribution < -0.4 is 4.74 Å². The molecule has 1 aliphatic carbocycles. The van der Waals surface area contributed by atoms with E-state index in [9.17, 15) is 19.2 Å². The Balaban J connectivity index is 1.56. The van der Waals surface area contributed by atoms with Crippen LogP contribution in [0.2, 0.25) is 0 Å². The van der Waals surface area contributed by atoms with Crippen molar-refractivity contribution < 1.29 is 28.3 Å². The van der Waals surface area contributed by atoms with Crippen LogP contribution >= 0.6 is 0 Å². The number of hydrogen-bond acceptors (Lipinski definition) is 6. The Hall–Kier alpha value is -3.80. The van der Waals surface area contributed by atoms with Crippen LogP contribution in [-0.2, 0) is 4.79 Å². The number of fused-ring (bicyclic) bond motifs is 2. The third-order valence-electron chi connectivity index (χ3n) is 4.15. The van der Waals surface area contributed by atoms with Gasteiger partial charge in [0.2, 0.25) is 11.6 Å². The van der Waals surface area contributed by atoms with Gasteiger partial charge in [0.25, 0.3) is 0 Å². The van der Waals surface area contributed by atoms with E-state index in [1.807, 2.05) is 0 Å². The van der Waals surface area contributed by atoms with E-state index in [4.69, 9.17) is 9.15 Å². The van der Waals surface area contributed by atoms with Gasteiger partial charge in [-0.25, -0.2) is 0 Å². The van der Waals surface area contributed by atoms with Crippen LogP contribution in [0.3, 0.4) is 0 Å². The fraction of sp³-hybridized carbons (Fsp3) is 0.0476. The van der Waals surface area contributed by atoms with E-state index >= 15 is 0 Å². The molecule has 4 rings (SSSR count). The molecule has 132 valence electrons. The molecule has 2 aromatic carbocycles. The minimum absolute atomic E-state index is 0.0264. The molecule has 0 unspecified atom stereocenters. The molecule has 6 heteroatoms. The lowest BCUT2D eigenvalue weighted by Crippen LogP contribution is -2.18. The molecule has 27 heavy (non-hydrogen) atoms. The molecule has 0 bridgehead atoms.